The van der Waals surface area contributed by atoms with E-state index in [0.717, 1.165) is 11.4 Å². The van der Waals surface area contributed by atoms with Crippen molar-refractivity contribution in [3.8, 4) is 17.5 Å². The minimum Gasteiger partial charge on any atom is -0.494 e. The molecule has 0 saturated heterocycles. The average Bonchev–Trinajstić information content (AvgIpc) is 3.09. The van der Waals surface area contributed by atoms with Gasteiger partial charge in [0.1, 0.15) is 17.4 Å². The molecule has 0 fully saturated rings. The number of carbonyl (C=O) groups is 2. The van der Waals surface area contributed by atoms with Crippen molar-refractivity contribution >= 4 is 23.6 Å². The molecule has 33 heavy (non-hydrogen) atoms. The van der Waals surface area contributed by atoms with E-state index >= 15 is 0 Å². The van der Waals surface area contributed by atoms with Gasteiger partial charge >= 0.3 is 5.97 Å². The number of nitrogens with one attached hydrogen (secondary N) is 1. The summed E-state index contributed by atoms with van der Waals surface area (Å²) in [4.78, 5) is 25.0. The summed E-state index contributed by atoms with van der Waals surface area (Å²) in [6.07, 6.45) is 1.54. The van der Waals surface area contributed by atoms with Crippen molar-refractivity contribution in [3.05, 3.63) is 82.7 Å². The number of aromatic nitrogens is 1. The fourth-order valence-electron chi connectivity index (χ4n) is 3.59. The molecule has 0 radical (unpaired) electrons. The van der Waals surface area contributed by atoms with Crippen LogP contribution in [0.4, 0.5) is 5.69 Å². The molecule has 0 aliphatic heterocycles. The van der Waals surface area contributed by atoms with Crippen LogP contribution < -0.4 is 10.1 Å². The minimum absolute atomic E-state index is 0.0432. The third-order valence-corrected chi connectivity index (χ3v) is 5.09. The number of nitrogens with zero attached hydrogens (tertiary/aromatic N) is 2. The van der Waals surface area contributed by atoms with Gasteiger partial charge in [0.05, 0.1) is 25.0 Å². The van der Waals surface area contributed by atoms with Gasteiger partial charge < -0.3 is 19.4 Å². The smallest absolute Gasteiger partial charge is 0.339 e. The molecule has 3 aromatic rings. The topological polar surface area (TPSA) is 93.4 Å². The molecule has 3 rings (SSSR count). The zero-order chi connectivity index (χ0) is 24.0. The Morgan fingerprint density at radius 1 is 1.12 bits per heavy atom. The molecule has 1 N–H and O–H groups in total. The van der Waals surface area contributed by atoms with Crippen LogP contribution in [0, 0.1) is 25.2 Å². The molecule has 7 nitrogen and oxygen atoms in total. The van der Waals surface area contributed by atoms with Gasteiger partial charge in [-0.3, -0.25) is 4.79 Å². The van der Waals surface area contributed by atoms with E-state index in [1.165, 1.54) is 7.11 Å². The molecule has 1 amide bonds. The van der Waals surface area contributed by atoms with E-state index in [1.54, 1.807) is 42.5 Å². The van der Waals surface area contributed by atoms with Gasteiger partial charge in [-0.1, -0.05) is 18.2 Å². The van der Waals surface area contributed by atoms with Crippen molar-refractivity contribution in [1.29, 1.82) is 5.26 Å². The number of amides is 1. The summed E-state index contributed by atoms with van der Waals surface area (Å²) >= 11 is 0. The first-order valence-corrected chi connectivity index (χ1v) is 10.4. The Labute approximate surface area is 192 Å². The first kappa shape index (κ1) is 23.4. The van der Waals surface area contributed by atoms with Crippen LogP contribution in [0.15, 0.2) is 60.2 Å². The first-order valence-electron chi connectivity index (χ1n) is 10.4. The molecule has 0 bridgehead atoms. The Morgan fingerprint density at radius 2 is 1.88 bits per heavy atom. The fourth-order valence-corrected chi connectivity index (χ4v) is 3.59. The van der Waals surface area contributed by atoms with Crippen molar-refractivity contribution in [2.24, 2.45) is 0 Å². The molecule has 1 aromatic heterocycles. The van der Waals surface area contributed by atoms with Crippen molar-refractivity contribution in [1.82, 2.24) is 4.57 Å². The Morgan fingerprint density at radius 3 is 2.58 bits per heavy atom. The number of ether oxygens (including phenoxy) is 2. The summed E-state index contributed by atoms with van der Waals surface area (Å²) in [5, 5.41) is 12.4. The van der Waals surface area contributed by atoms with Crippen LogP contribution >= 0.6 is 0 Å². The summed E-state index contributed by atoms with van der Waals surface area (Å²) in [6, 6.07) is 17.9. The second-order valence-electron chi connectivity index (χ2n) is 7.26. The van der Waals surface area contributed by atoms with Gasteiger partial charge in [-0.25, -0.2) is 4.79 Å². The maximum absolute atomic E-state index is 12.8. The van der Waals surface area contributed by atoms with Crippen molar-refractivity contribution in [3.63, 3.8) is 0 Å². The molecule has 0 atom stereocenters. The van der Waals surface area contributed by atoms with Crippen molar-refractivity contribution in [2.45, 2.75) is 20.8 Å². The first-order chi connectivity index (χ1) is 15.9. The maximum Gasteiger partial charge on any atom is 0.339 e. The summed E-state index contributed by atoms with van der Waals surface area (Å²) in [6.45, 7) is 6.15. The van der Waals surface area contributed by atoms with E-state index < -0.39 is 11.9 Å². The van der Waals surface area contributed by atoms with Crippen LogP contribution in [-0.2, 0) is 9.53 Å². The highest BCUT2D eigenvalue weighted by molar-refractivity contribution is 6.09. The fraction of sp³-hybridized carbons (Fsp3) is 0.192. The molecule has 0 saturated carbocycles. The Balaban J connectivity index is 1.95. The predicted molar refractivity (Wildman–Crippen MR) is 126 cm³/mol. The normalized spacial score (nSPS) is 10.9. The van der Waals surface area contributed by atoms with Gasteiger partial charge in [0, 0.05) is 23.1 Å². The van der Waals surface area contributed by atoms with E-state index in [1.807, 2.05) is 49.6 Å². The summed E-state index contributed by atoms with van der Waals surface area (Å²) in [5.41, 5.74) is 3.89. The Kier molecular flexibility index (Phi) is 7.31. The van der Waals surface area contributed by atoms with Crippen molar-refractivity contribution in [2.75, 3.05) is 19.0 Å². The quantitative estimate of drug-likeness (QED) is 0.321. The standard InChI is InChI=1S/C26H25N3O4/c1-5-33-22-10-8-9-21(15-22)28-25(30)20(16-27)14-19-13-17(2)29(18(19)3)24-12-7-6-11-23(24)26(31)32-4/h6-15H,5H2,1-4H3,(H,28,30)/b20-14-. The largest absolute Gasteiger partial charge is 0.494 e. The van der Waals surface area contributed by atoms with Crippen LogP contribution in [0.3, 0.4) is 0 Å². The highest BCUT2D eigenvalue weighted by Gasteiger charge is 2.18. The van der Waals surface area contributed by atoms with E-state index in [-0.39, 0.29) is 5.57 Å². The number of esters is 1. The van der Waals surface area contributed by atoms with E-state index in [4.69, 9.17) is 9.47 Å². The molecular weight excluding hydrogens is 418 g/mol. The lowest BCUT2D eigenvalue weighted by Gasteiger charge is -2.13. The number of benzene rings is 2. The summed E-state index contributed by atoms with van der Waals surface area (Å²) in [5.74, 6) is -0.335. The molecule has 0 aliphatic rings. The van der Waals surface area contributed by atoms with Crippen LogP contribution in [0.5, 0.6) is 5.75 Å². The number of nitriles is 1. The SMILES string of the molecule is CCOc1cccc(NC(=O)/C(C#N)=C\c2cc(C)n(-c3ccccc3C(=O)OC)c2C)c1. The van der Waals surface area contributed by atoms with Gasteiger partial charge in [-0.2, -0.15) is 5.26 Å². The monoisotopic (exact) mass is 443 g/mol. The number of anilines is 1. The van der Waals surface area contributed by atoms with E-state index in [0.29, 0.717) is 34.9 Å². The van der Waals surface area contributed by atoms with Crippen LogP contribution in [0.1, 0.15) is 34.2 Å². The minimum atomic E-state index is -0.522. The third-order valence-electron chi connectivity index (χ3n) is 5.09. The maximum atomic E-state index is 12.8. The lowest BCUT2D eigenvalue weighted by atomic mass is 10.1. The van der Waals surface area contributed by atoms with Crippen molar-refractivity contribution < 1.29 is 19.1 Å². The average molecular weight is 444 g/mol. The highest BCUT2D eigenvalue weighted by Crippen LogP contribution is 2.26. The van der Waals surface area contributed by atoms with E-state index in [9.17, 15) is 14.9 Å². The molecule has 2 aromatic carbocycles. The van der Waals surface area contributed by atoms with Gasteiger partial charge in [0.15, 0.2) is 0 Å². The molecule has 0 unspecified atom stereocenters. The number of aryl methyl sites for hydroxylation is 1. The highest BCUT2D eigenvalue weighted by atomic mass is 16.5. The Bertz CT molecular complexity index is 1260. The lowest BCUT2D eigenvalue weighted by Crippen LogP contribution is -2.13. The zero-order valence-electron chi connectivity index (χ0n) is 19.0. The number of para-hydroxylation sites is 1. The number of hydrogen-bond acceptors (Lipinski definition) is 5. The molecule has 0 aliphatic carbocycles. The van der Waals surface area contributed by atoms with Gasteiger partial charge in [0.2, 0.25) is 0 Å². The number of methoxy groups -OCH3 is 1. The Hall–Kier alpha value is -4.31. The van der Waals surface area contributed by atoms with Crippen LogP contribution in [0.2, 0.25) is 0 Å². The third kappa shape index (κ3) is 5.13. The second kappa shape index (κ2) is 10.3. The van der Waals surface area contributed by atoms with Gasteiger partial charge in [-0.05, 0) is 62.7 Å². The predicted octanol–water partition coefficient (Wildman–Crippen LogP) is 4.83. The summed E-state index contributed by atoms with van der Waals surface area (Å²) < 4.78 is 12.3. The second-order valence-corrected chi connectivity index (χ2v) is 7.26. The molecule has 0 spiro atoms. The van der Waals surface area contributed by atoms with Crippen LogP contribution in [-0.4, -0.2) is 30.2 Å². The van der Waals surface area contributed by atoms with Crippen LogP contribution in [0.25, 0.3) is 11.8 Å². The molecular formula is C26H25N3O4. The van der Waals surface area contributed by atoms with E-state index in [2.05, 4.69) is 5.32 Å². The number of rotatable bonds is 7. The zero-order valence-corrected chi connectivity index (χ0v) is 19.0. The number of hydrogen-bond donors (Lipinski definition) is 1. The number of carbonyl (C=O) groups excluding carboxylic acids is 2. The molecule has 7 heteroatoms. The van der Waals surface area contributed by atoms with Gasteiger partial charge in [0.25, 0.3) is 5.91 Å². The summed E-state index contributed by atoms with van der Waals surface area (Å²) in [7, 11) is 1.34. The molecule has 1 heterocycles. The molecule has 168 valence electrons. The lowest BCUT2D eigenvalue weighted by molar-refractivity contribution is -0.112. The van der Waals surface area contributed by atoms with Gasteiger partial charge in [-0.15, -0.1) is 0 Å².